The Morgan fingerprint density at radius 2 is 1.33 bits per heavy atom. The summed E-state index contributed by atoms with van der Waals surface area (Å²) in [7, 11) is 0.565. The lowest BCUT2D eigenvalue weighted by molar-refractivity contribution is -0.108. The van der Waals surface area contributed by atoms with Crippen molar-refractivity contribution in [3.05, 3.63) is 11.1 Å². The summed E-state index contributed by atoms with van der Waals surface area (Å²) in [6.45, 7) is 8.20. The fraction of sp³-hybridized carbons (Fsp3) is 0.810. The minimum Gasteiger partial charge on any atom is -0.305 e. The van der Waals surface area contributed by atoms with Gasteiger partial charge in [-0.15, -0.1) is 0 Å². The molecule has 0 aliphatic heterocycles. The molecule has 0 spiro atoms. The predicted molar refractivity (Wildman–Crippen MR) is 107 cm³/mol. The molecule has 2 nitrogen and oxygen atoms in total. The maximum atomic E-state index is 12.4. The molecular formula is C21H38BNO. The molecule has 3 heteroatoms. The molecule has 0 fully saturated rings. The molecular weight excluding hydrogens is 293 g/mol. The van der Waals surface area contributed by atoms with Crippen LogP contribution in [0.3, 0.4) is 0 Å². The third kappa shape index (κ3) is 11.5. The first-order valence-electron chi connectivity index (χ1n) is 10.2. The minimum atomic E-state index is 0.0598. The van der Waals surface area contributed by atoms with Crippen LogP contribution in [0.5, 0.6) is 0 Å². The van der Waals surface area contributed by atoms with E-state index in [2.05, 4.69) is 19.9 Å². The number of nitriles is 1. The summed E-state index contributed by atoms with van der Waals surface area (Å²) in [5.74, 6) is 0.462. The van der Waals surface area contributed by atoms with Crippen LogP contribution in [0.2, 0.25) is 5.82 Å². The summed E-state index contributed by atoms with van der Waals surface area (Å²) in [6.07, 6.45) is 15.1. The fourth-order valence-corrected chi connectivity index (χ4v) is 3.24. The Morgan fingerprint density at radius 3 is 1.71 bits per heavy atom. The number of rotatable bonds is 15. The van der Waals surface area contributed by atoms with Crippen molar-refractivity contribution in [2.45, 2.75) is 111 Å². The molecule has 0 heterocycles. The van der Waals surface area contributed by atoms with E-state index in [1.54, 1.807) is 0 Å². The number of carbonyl (C=O) groups is 1. The van der Waals surface area contributed by atoms with E-state index in [4.69, 9.17) is 0 Å². The first kappa shape index (κ1) is 23.0. The molecule has 24 heavy (non-hydrogen) atoms. The van der Waals surface area contributed by atoms with Crippen LogP contribution >= 0.6 is 0 Å². The van der Waals surface area contributed by atoms with Gasteiger partial charge in [0, 0.05) is 0 Å². The van der Waals surface area contributed by atoms with Crippen LogP contribution < -0.4 is 0 Å². The Kier molecular flexibility index (Phi) is 14.8. The second-order valence-electron chi connectivity index (χ2n) is 7.39. The van der Waals surface area contributed by atoms with Crippen molar-refractivity contribution in [2.75, 3.05) is 0 Å². The first-order chi connectivity index (χ1) is 11.6. The predicted octanol–water partition coefficient (Wildman–Crippen LogP) is 6.32. The monoisotopic (exact) mass is 331 g/mol. The van der Waals surface area contributed by atoms with Gasteiger partial charge < -0.3 is 4.79 Å². The number of hydrogen-bond acceptors (Lipinski definition) is 2. The topological polar surface area (TPSA) is 40.9 Å². The lowest BCUT2D eigenvalue weighted by atomic mass is 9.56. The van der Waals surface area contributed by atoms with Gasteiger partial charge in [0.25, 0.3) is 0 Å². The Morgan fingerprint density at radius 1 is 0.875 bits per heavy atom. The number of hydrogen-bond donors (Lipinski definition) is 0. The van der Waals surface area contributed by atoms with Crippen molar-refractivity contribution < 1.29 is 4.79 Å². The molecule has 0 bridgehead atoms. The fourth-order valence-electron chi connectivity index (χ4n) is 3.24. The molecule has 0 aliphatic rings. The van der Waals surface area contributed by atoms with Gasteiger partial charge in [-0.05, 0) is 13.8 Å². The normalized spacial score (nSPS) is 10.5. The number of nitrogens with zero attached hydrogens (tertiary/aromatic N) is 1. The molecule has 0 radical (unpaired) electrons. The molecule has 0 aromatic heterocycles. The van der Waals surface area contributed by atoms with Gasteiger partial charge in [-0.25, -0.2) is 0 Å². The molecule has 0 atom stereocenters. The van der Waals surface area contributed by atoms with Gasteiger partial charge >= 0.3 is 0 Å². The third-order valence-electron chi connectivity index (χ3n) is 4.80. The zero-order valence-corrected chi connectivity index (χ0v) is 16.6. The molecule has 136 valence electrons. The third-order valence-corrected chi connectivity index (χ3v) is 4.80. The summed E-state index contributed by atoms with van der Waals surface area (Å²) in [4.78, 5) is 12.4. The van der Waals surface area contributed by atoms with Gasteiger partial charge in [0.2, 0.25) is 7.28 Å². The zero-order valence-electron chi connectivity index (χ0n) is 16.6. The van der Waals surface area contributed by atoms with Gasteiger partial charge in [-0.2, -0.15) is 5.26 Å². The van der Waals surface area contributed by atoms with E-state index < -0.39 is 0 Å². The summed E-state index contributed by atoms with van der Waals surface area (Å²) in [6, 6.07) is 2.10. The lowest BCUT2D eigenvalue weighted by Gasteiger charge is -2.15. The first-order valence-corrected chi connectivity index (χ1v) is 10.2. The van der Waals surface area contributed by atoms with Crippen molar-refractivity contribution in [3.63, 3.8) is 0 Å². The second-order valence-corrected chi connectivity index (χ2v) is 7.39. The Labute approximate surface area is 151 Å². The highest BCUT2D eigenvalue weighted by Crippen LogP contribution is 2.24. The van der Waals surface area contributed by atoms with Crippen LogP contribution in [0.1, 0.15) is 105 Å². The van der Waals surface area contributed by atoms with E-state index >= 15 is 0 Å². The van der Waals surface area contributed by atoms with E-state index in [1.165, 1.54) is 64.2 Å². The van der Waals surface area contributed by atoms with Crippen LogP contribution in [0.4, 0.5) is 0 Å². The van der Waals surface area contributed by atoms with Gasteiger partial charge in [0.15, 0.2) is 0 Å². The molecule has 0 saturated carbocycles. The average molecular weight is 331 g/mol. The molecule has 0 aromatic carbocycles. The molecule has 0 unspecified atom stereocenters. The standard InChI is InChI=1S/C21H38BNO/c1-5-7-9-11-13-15-19(16-14-12-10-8-6-2)22-21(24)20(17-23)18(3)4/h19,22H,5-16H2,1-4H3. The smallest absolute Gasteiger partial charge is 0.216 e. The maximum absolute atomic E-state index is 12.4. The average Bonchev–Trinajstić information content (AvgIpc) is 2.54. The largest absolute Gasteiger partial charge is 0.305 e. The summed E-state index contributed by atoms with van der Waals surface area (Å²) < 4.78 is 0. The Hall–Kier alpha value is -1.04. The molecule has 0 N–H and O–H groups in total. The van der Waals surface area contributed by atoms with E-state index in [0.717, 1.165) is 18.4 Å². The minimum absolute atomic E-state index is 0.0598. The number of unbranched alkanes of at least 4 members (excludes halogenated alkanes) is 8. The van der Waals surface area contributed by atoms with Crippen LogP contribution in [-0.4, -0.2) is 13.0 Å². The quantitative estimate of drug-likeness (QED) is 0.152. The van der Waals surface area contributed by atoms with Crippen molar-refractivity contribution in [2.24, 2.45) is 0 Å². The summed E-state index contributed by atoms with van der Waals surface area (Å²) in [5, 5.41) is 9.20. The SMILES string of the molecule is CCCCCCCC(BC(=O)C(C#N)=C(C)C)CCCCCCC. The summed E-state index contributed by atoms with van der Waals surface area (Å²) >= 11 is 0. The molecule has 0 aliphatic carbocycles. The van der Waals surface area contributed by atoms with Gasteiger partial charge in [0.1, 0.15) is 11.8 Å². The van der Waals surface area contributed by atoms with Crippen molar-refractivity contribution in [1.29, 1.82) is 5.26 Å². The number of carbonyl (C=O) groups excluding carboxylic acids is 1. The number of allylic oxidation sites excluding steroid dienone is 2. The molecule has 0 aromatic rings. The van der Waals surface area contributed by atoms with Gasteiger partial charge in [-0.1, -0.05) is 102 Å². The molecule has 0 rings (SSSR count). The van der Waals surface area contributed by atoms with Crippen molar-refractivity contribution in [1.82, 2.24) is 0 Å². The van der Waals surface area contributed by atoms with E-state index in [-0.39, 0.29) is 5.68 Å². The van der Waals surface area contributed by atoms with E-state index in [0.29, 0.717) is 18.7 Å². The summed E-state index contributed by atoms with van der Waals surface area (Å²) in [5.41, 5.74) is 1.30. The zero-order chi connectivity index (χ0) is 18.2. The van der Waals surface area contributed by atoms with Crippen LogP contribution in [0, 0.1) is 11.3 Å². The molecule has 0 amide bonds. The van der Waals surface area contributed by atoms with E-state index in [9.17, 15) is 10.1 Å². The van der Waals surface area contributed by atoms with Crippen LogP contribution in [0.25, 0.3) is 0 Å². The highest BCUT2D eigenvalue weighted by molar-refractivity contribution is 6.78. The molecule has 0 saturated heterocycles. The van der Waals surface area contributed by atoms with Crippen molar-refractivity contribution in [3.8, 4) is 6.07 Å². The van der Waals surface area contributed by atoms with Gasteiger partial charge in [0.05, 0.1) is 5.57 Å². The van der Waals surface area contributed by atoms with Crippen LogP contribution in [-0.2, 0) is 4.79 Å². The van der Waals surface area contributed by atoms with E-state index in [1.807, 2.05) is 13.8 Å². The highest BCUT2D eigenvalue weighted by atomic mass is 16.1. The highest BCUT2D eigenvalue weighted by Gasteiger charge is 2.19. The van der Waals surface area contributed by atoms with Crippen LogP contribution in [0.15, 0.2) is 11.1 Å². The maximum Gasteiger partial charge on any atom is 0.216 e. The lowest BCUT2D eigenvalue weighted by Crippen LogP contribution is -2.18. The second kappa shape index (κ2) is 15.5. The Balaban J connectivity index is 4.42. The van der Waals surface area contributed by atoms with Crippen molar-refractivity contribution >= 4 is 13.0 Å². The Bertz CT molecular complexity index is 391. The van der Waals surface area contributed by atoms with Gasteiger partial charge in [-0.3, -0.25) is 0 Å².